The molecule has 5 heteroatoms. The third-order valence-corrected chi connectivity index (χ3v) is 4.23. The van der Waals surface area contributed by atoms with Crippen molar-refractivity contribution in [2.75, 3.05) is 0 Å². The number of fused-ring (bicyclic) bond motifs is 2. The van der Waals surface area contributed by atoms with E-state index in [-0.39, 0.29) is 17.1 Å². The van der Waals surface area contributed by atoms with E-state index in [1.54, 1.807) is 6.07 Å². The molecular weight excluding hydrogens is 322 g/mol. The smallest absolute Gasteiger partial charge is 0.270 e. The summed E-state index contributed by atoms with van der Waals surface area (Å²) in [6.07, 6.45) is 9.29. The summed E-state index contributed by atoms with van der Waals surface area (Å²) in [5.41, 5.74) is 3.17. The summed E-state index contributed by atoms with van der Waals surface area (Å²) < 4.78 is 3.47. The van der Waals surface area contributed by atoms with Gasteiger partial charge in [-0.25, -0.2) is 4.98 Å². The molecule has 0 atom stereocenters. The first-order chi connectivity index (χ1) is 11.7. The van der Waals surface area contributed by atoms with Gasteiger partial charge in [0.1, 0.15) is 10.7 Å². The van der Waals surface area contributed by atoms with Crippen LogP contribution in [0, 0.1) is 12.3 Å². The predicted molar refractivity (Wildman–Crippen MR) is 96.2 cm³/mol. The summed E-state index contributed by atoms with van der Waals surface area (Å²) in [5, 5.41) is 1.01. The van der Waals surface area contributed by atoms with Gasteiger partial charge in [-0.1, -0.05) is 29.7 Å². The van der Waals surface area contributed by atoms with Crippen molar-refractivity contribution in [1.29, 1.82) is 0 Å². The van der Waals surface area contributed by atoms with Gasteiger partial charge in [0, 0.05) is 23.3 Å². The molecule has 0 bridgehead atoms. The van der Waals surface area contributed by atoms with Gasteiger partial charge in [0.15, 0.2) is 0 Å². The molecule has 4 aromatic rings. The summed E-state index contributed by atoms with van der Waals surface area (Å²) in [5.74, 6) is 2.50. The third-order valence-electron chi connectivity index (χ3n) is 3.96. The highest BCUT2D eigenvalue weighted by Crippen LogP contribution is 2.25. The Kier molecular flexibility index (Phi) is 3.37. The normalized spacial score (nSPS) is 11.0. The van der Waals surface area contributed by atoms with Crippen LogP contribution in [0.5, 0.6) is 0 Å². The molecule has 0 saturated carbocycles. The minimum absolute atomic E-state index is 0.157. The van der Waals surface area contributed by atoms with Crippen molar-refractivity contribution in [2.45, 2.75) is 6.54 Å². The van der Waals surface area contributed by atoms with Gasteiger partial charge >= 0.3 is 0 Å². The lowest BCUT2D eigenvalue weighted by atomic mass is 10.1. The van der Waals surface area contributed by atoms with E-state index in [0.717, 1.165) is 27.8 Å². The summed E-state index contributed by atoms with van der Waals surface area (Å²) in [4.78, 5) is 16.8. The molecule has 0 saturated heterocycles. The Morgan fingerprint density at radius 1 is 1.21 bits per heavy atom. The van der Waals surface area contributed by atoms with E-state index in [0.29, 0.717) is 0 Å². The number of hydrogen-bond acceptors (Lipinski definition) is 2. The molecule has 0 amide bonds. The number of aromatic nitrogens is 3. The zero-order valence-electron chi connectivity index (χ0n) is 12.6. The van der Waals surface area contributed by atoms with Gasteiger partial charge in [0.25, 0.3) is 5.56 Å². The van der Waals surface area contributed by atoms with Crippen molar-refractivity contribution >= 4 is 28.2 Å². The summed E-state index contributed by atoms with van der Waals surface area (Å²) >= 11 is 6.07. The number of rotatable bonds is 2. The molecule has 3 heterocycles. The van der Waals surface area contributed by atoms with Crippen LogP contribution in [0.3, 0.4) is 0 Å². The fraction of sp³-hybridized carbons (Fsp3) is 0.0526. The lowest BCUT2D eigenvalue weighted by Crippen LogP contribution is -2.20. The van der Waals surface area contributed by atoms with Crippen molar-refractivity contribution < 1.29 is 0 Å². The van der Waals surface area contributed by atoms with E-state index in [1.807, 2.05) is 53.2 Å². The average Bonchev–Trinajstić information content (AvgIpc) is 3.02. The van der Waals surface area contributed by atoms with Crippen LogP contribution in [0.1, 0.15) is 0 Å². The molecule has 0 aliphatic carbocycles. The molecule has 24 heavy (non-hydrogen) atoms. The molecule has 116 valence electrons. The molecule has 1 aromatic carbocycles. The molecule has 0 aliphatic rings. The van der Waals surface area contributed by atoms with Crippen LogP contribution in [0.15, 0.2) is 59.7 Å². The van der Waals surface area contributed by atoms with Crippen LogP contribution in [0.2, 0.25) is 5.02 Å². The fourth-order valence-corrected chi connectivity index (χ4v) is 3.05. The number of benzene rings is 1. The molecule has 0 radical (unpaired) electrons. The van der Waals surface area contributed by atoms with E-state index < -0.39 is 0 Å². The lowest BCUT2D eigenvalue weighted by molar-refractivity contribution is 0.836. The van der Waals surface area contributed by atoms with Gasteiger partial charge in [0.05, 0.1) is 17.8 Å². The predicted octanol–water partition coefficient (Wildman–Crippen LogP) is 3.60. The van der Waals surface area contributed by atoms with Crippen LogP contribution in [-0.4, -0.2) is 14.0 Å². The topological polar surface area (TPSA) is 39.3 Å². The van der Waals surface area contributed by atoms with Gasteiger partial charge < -0.3 is 4.40 Å². The molecule has 0 N–H and O–H groups in total. The molecule has 4 rings (SSSR count). The maximum Gasteiger partial charge on any atom is 0.270 e. The monoisotopic (exact) mass is 333 g/mol. The van der Waals surface area contributed by atoms with Gasteiger partial charge in [-0.15, -0.1) is 6.42 Å². The van der Waals surface area contributed by atoms with E-state index in [1.165, 1.54) is 4.57 Å². The molecule has 0 fully saturated rings. The van der Waals surface area contributed by atoms with Crippen molar-refractivity contribution in [3.05, 3.63) is 70.2 Å². The molecular formula is C19H12ClN3O. The Hall–Kier alpha value is -3.03. The largest absolute Gasteiger partial charge is 0.306 e. The maximum atomic E-state index is 12.2. The number of pyridine rings is 2. The lowest BCUT2D eigenvalue weighted by Gasteiger charge is -2.09. The van der Waals surface area contributed by atoms with Crippen LogP contribution < -0.4 is 5.56 Å². The second-order valence-corrected chi connectivity index (χ2v) is 5.86. The highest BCUT2D eigenvalue weighted by molar-refractivity contribution is 6.31. The molecule has 0 aliphatic heterocycles. The number of hydrogen-bond donors (Lipinski definition) is 0. The van der Waals surface area contributed by atoms with E-state index >= 15 is 0 Å². The number of terminal acetylenes is 1. The van der Waals surface area contributed by atoms with Crippen LogP contribution in [0.25, 0.3) is 27.8 Å². The Balaban J connectivity index is 1.94. The standard InChI is InChI=1S/C19H12ClN3O/c1-2-8-23-17-7-6-13(10-14(17)11-15(20)19(23)24)16-12-22-9-4-3-5-18(22)21-16/h1,3-7,9-12H,8H2. The first-order valence-electron chi connectivity index (χ1n) is 7.38. The Bertz CT molecular complexity index is 1150. The number of nitrogens with zero attached hydrogens (tertiary/aromatic N) is 3. The van der Waals surface area contributed by atoms with Gasteiger partial charge in [0.2, 0.25) is 0 Å². The zero-order valence-corrected chi connectivity index (χ0v) is 13.4. The second kappa shape index (κ2) is 5.55. The maximum absolute atomic E-state index is 12.2. The Morgan fingerprint density at radius 2 is 2.08 bits per heavy atom. The third kappa shape index (κ3) is 2.27. The molecule has 0 spiro atoms. The number of imidazole rings is 1. The van der Waals surface area contributed by atoms with Gasteiger partial charge in [-0.05, 0) is 30.3 Å². The Morgan fingerprint density at radius 3 is 2.88 bits per heavy atom. The molecule has 3 aromatic heterocycles. The first kappa shape index (κ1) is 14.6. The summed E-state index contributed by atoms with van der Waals surface area (Å²) in [6, 6.07) is 13.3. The van der Waals surface area contributed by atoms with E-state index in [9.17, 15) is 4.79 Å². The quantitative estimate of drug-likeness (QED) is 0.526. The fourth-order valence-electron chi connectivity index (χ4n) is 2.83. The average molecular weight is 334 g/mol. The van der Waals surface area contributed by atoms with E-state index in [2.05, 4.69) is 10.9 Å². The summed E-state index contributed by atoms with van der Waals surface area (Å²) in [7, 11) is 0. The summed E-state index contributed by atoms with van der Waals surface area (Å²) in [6.45, 7) is 0.184. The SMILES string of the molecule is C#CCn1c(=O)c(Cl)cc2cc(-c3cn4ccccc4n3)ccc21. The molecule has 0 unspecified atom stereocenters. The molecule has 4 nitrogen and oxygen atoms in total. The van der Waals surface area contributed by atoms with Crippen molar-refractivity contribution in [3.63, 3.8) is 0 Å². The van der Waals surface area contributed by atoms with Crippen LogP contribution in [-0.2, 0) is 6.54 Å². The van der Waals surface area contributed by atoms with Crippen LogP contribution in [0.4, 0.5) is 0 Å². The van der Waals surface area contributed by atoms with E-state index in [4.69, 9.17) is 18.0 Å². The zero-order chi connectivity index (χ0) is 16.7. The van der Waals surface area contributed by atoms with Gasteiger partial charge in [-0.2, -0.15) is 0 Å². The highest BCUT2D eigenvalue weighted by atomic mass is 35.5. The van der Waals surface area contributed by atoms with Crippen molar-refractivity contribution in [2.24, 2.45) is 0 Å². The van der Waals surface area contributed by atoms with Crippen molar-refractivity contribution in [1.82, 2.24) is 14.0 Å². The minimum atomic E-state index is -0.275. The number of halogens is 1. The van der Waals surface area contributed by atoms with Crippen molar-refractivity contribution in [3.8, 4) is 23.6 Å². The highest BCUT2D eigenvalue weighted by Gasteiger charge is 2.10. The Labute approximate surface area is 142 Å². The first-order valence-corrected chi connectivity index (χ1v) is 7.76. The van der Waals surface area contributed by atoms with Gasteiger partial charge in [-0.3, -0.25) is 9.36 Å². The van der Waals surface area contributed by atoms with Crippen LogP contribution >= 0.6 is 11.6 Å². The second-order valence-electron chi connectivity index (χ2n) is 5.45. The minimum Gasteiger partial charge on any atom is -0.306 e.